The predicted octanol–water partition coefficient (Wildman–Crippen LogP) is 3.37. The Bertz CT molecular complexity index is 1880. The summed E-state index contributed by atoms with van der Waals surface area (Å²) in [5, 5.41) is 17.7. The number of nitrogens with two attached hydrogens (primary N) is 1. The summed E-state index contributed by atoms with van der Waals surface area (Å²) in [5.74, 6) is -0.894. The van der Waals surface area contributed by atoms with Gasteiger partial charge in [0, 0.05) is 65.2 Å². The lowest BCUT2D eigenvalue weighted by Crippen LogP contribution is -2.38. The van der Waals surface area contributed by atoms with Crippen LogP contribution in [0.1, 0.15) is 96.7 Å². The summed E-state index contributed by atoms with van der Waals surface area (Å²) in [6.45, 7) is 12.9. The van der Waals surface area contributed by atoms with Gasteiger partial charge in [0.1, 0.15) is 6.10 Å². The molecule has 0 aromatic carbocycles. The summed E-state index contributed by atoms with van der Waals surface area (Å²) in [5.41, 5.74) is 18.6. The Balaban J connectivity index is 0.000000353. The van der Waals surface area contributed by atoms with Gasteiger partial charge in [-0.05, 0) is 70.5 Å². The zero-order chi connectivity index (χ0) is 40.1. The van der Waals surface area contributed by atoms with Gasteiger partial charge in [0.15, 0.2) is 18.6 Å². The quantitative estimate of drug-likeness (QED) is 0.0761. The van der Waals surface area contributed by atoms with E-state index < -0.39 is 64.3 Å². The smallest absolute Gasteiger partial charge is 0.330 e. The number of esters is 1. The molecule has 2 fully saturated rings. The molecule has 8 atom stereocenters. The van der Waals surface area contributed by atoms with Crippen molar-refractivity contribution in [2.24, 2.45) is 27.8 Å². The van der Waals surface area contributed by atoms with Gasteiger partial charge in [-0.1, -0.05) is 37.9 Å². The third-order valence-corrected chi connectivity index (χ3v) is 10.1. The standard InChI is InChI=1S/C17H25N5O5.C15H23N5O4.CH5N/c1-5-17(7-6-8-19-21-18)11(3)13(26-12(4)23)15(27-17)22-9-10(2)14(24)20-16(22)25;1-4-15(6-5-7-17-19-16)10(3)11(21)13(24-15)20-8-9(2)12(22)18-14(20)23;1-2/h9,11,13,15H,5-8H2,1-4H3,(H,20,24,25);8,10-11,13,21H,4-7H2,1-3H3,(H,18,22,23);2H2,1H3/t11-,13+,15+,17-;10-,11+,13+,15-;/m00./s1. The fourth-order valence-corrected chi connectivity index (χ4v) is 7.00. The number of aryl methyl sites for hydroxylation is 2. The molecule has 2 aliphatic heterocycles. The molecule has 0 bridgehead atoms. The monoisotopic (exact) mass is 747 g/mol. The SMILES string of the molecule is CC[C@@]1(CCCN=[N+]=[N-])O[C@@H](n2cc(C)c(=O)[nH]c2=O)[C@H](O)[C@@H]1C.CC[C@@]1(CCCN=[N+]=[N-])O[C@@H](n2cc(C)c(=O)[nH]c2=O)[C@H](OC(C)=O)[C@@H]1C.CN. The van der Waals surface area contributed by atoms with E-state index in [2.05, 4.69) is 35.8 Å². The Morgan fingerprint density at radius 3 is 1.70 bits per heavy atom. The van der Waals surface area contributed by atoms with E-state index in [0.717, 1.165) is 0 Å². The number of aliphatic hydroxyl groups is 1. The topological polar surface area (TPSA) is 298 Å². The second kappa shape index (κ2) is 19.9. The van der Waals surface area contributed by atoms with Crippen LogP contribution in [0.3, 0.4) is 0 Å². The van der Waals surface area contributed by atoms with E-state index in [1.54, 1.807) is 13.8 Å². The van der Waals surface area contributed by atoms with Crippen LogP contribution in [0.5, 0.6) is 0 Å². The van der Waals surface area contributed by atoms with Crippen molar-refractivity contribution in [3.63, 3.8) is 0 Å². The Hall–Kier alpha value is -4.71. The molecule has 2 aliphatic rings. The van der Waals surface area contributed by atoms with E-state index in [1.165, 1.54) is 35.5 Å². The maximum atomic E-state index is 12.3. The van der Waals surface area contributed by atoms with Crippen molar-refractivity contribution in [2.75, 3.05) is 20.1 Å². The van der Waals surface area contributed by atoms with Crippen molar-refractivity contribution in [1.29, 1.82) is 0 Å². The number of hydrogen-bond acceptors (Lipinski definition) is 12. The maximum Gasteiger partial charge on any atom is 0.330 e. The highest BCUT2D eigenvalue weighted by atomic mass is 16.6. The molecular formula is C33H53N11O9. The number of nitrogens with zero attached hydrogens (tertiary/aromatic N) is 8. The van der Waals surface area contributed by atoms with E-state index in [-0.39, 0.29) is 11.8 Å². The Morgan fingerprint density at radius 2 is 1.28 bits per heavy atom. The largest absolute Gasteiger partial charge is 0.457 e. The van der Waals surface area contributed by atoms with Gasteiger partial charge in [0.25, 0.3) is 11.1 Å². The number of aromatic nitrogens is 4. The van der Waals surface area contributed by atoms with Crippen molar-refractivity contribution in [1.82, 2.24) is 19.1 Å². The third-order valence-electron chi connectivity index (χ3n) is 10.1. The summed E-state index contributed by atoms with van der Waals surface area (Å²) >= 11 is 0. The van der Waals surface area contributed by atoms with Gasteiger partial charge in [0.05, 0.1) is 11.2 Å². The molecule has 0 spiro atoms. The minimum Gasteiger partial charge on any atom is -0.457 e. The first-order valence-corrected chi connectivity index (χ1v) is 17.6. The zero-order valence-corrected chi connectivity index (χ0v) is 31.6. The summed E-state index contributed by atoms with van der Waals surface area (Å²) in [4.78, 5) is 69.3. The third kappa shape index (κ3) is 10.2. The number of aromatic amines is 2. The van der Waals surface area contributed by atoms with Gasteiger partial charge in [-0.2, -0.15) is 0 Å². The highest BCUT2D eigenvalue weighted by molar-refractivity contribution is 5.66. The minimum absolute atomic E-state index is 0.207. The van der Waals surface area contributed by atoms with Crippen molar-refractivity contribution in [3.8, 4) is 0 Å². The molecule has 0 saturated carbocycles. The molecular weight excluding hydrogens is 694 g/mol. The molecule has 20 nitrogen and oxygen atoms in total. The molecule has 0 unspecified atom stereocenters. The van der Waals surface area contributed by atoms with Gasteiger partial charge in [-0.3, -0.25) is 33.5 Å². The van der Waals surface area contributed by atoms with Crippen LogP contribution >= 0.6 is 0 Å². The average molecular weight is 748 g/mol. The van der Waals surface area contributed by atoms with Gasteiger partial charge >= 0.3 is 17.3 Å². The Labute approximate surface area is 305 Å². The van der Waals surface area contributed by atoms with E-state index in [9.17, 15) is 29.1 Å². The molecule has 0 radical (unpaired) electrons. The molecule has 4 rings (SSSR count). The molecule has 0 aliphatic carbocycles. The fourth-order valence-electron chi connectivity index (χ4n) is 7.00. The average Bonchev–Trinajstić information content (AvgIpc) is 3.54. The molecule has 2 saturated heterocycles. The number of carbonyl (C=O) groups excluding carboxylic acids is 1. The van der Waals surface area contributed by atoms with Crippen LogP contribution in [0.25, 0.3) is 20.9 Å². The summed E-state index contributed by atoms with van der Waals surface area (Å²) in [6, 6.07) is 0. The van der Waals surface area contributed by atoms with Crippen LogP contribution in [0.4, 0.5) is 0 Å². The first-order valence-electron chi connectivity index (χ1n) is 17.6. The molecule has 2 aromatic rings. The van der Waals surface area contributed by atoms with Crippen LogP contribution in [0.2, 0.25) is 0 Å². The Kier molecular flexibility index (Phi) is 16.7. The second-order valence-corrected chi connectivity index (χ2v) is 13.1. The van der Waals surface area contributed by atoms with Crippen LogP contribution in [0, 0.1) is 25.7 Å². The number of ether oxygens (including phenoxy) is 3. The summed E-state index contributed by atoms with van der Waals surface area (Å²) < 4.78 is 20.4. The number of rotatable bonds is 13. The van der Waals surface area contributed by atoms with E-state index >= 15 is 0 Å². The highest BCUT2D eigenvalue weighted by Crippen LogP contribution is 2.48. The molecule has 20 heteroatoms. The normalized spacial score (nSPS) is 27.3. The molecule has 2 aromatic heterocycles. The molecule has 53 heavy (non-hydrogen) atoms. The summed E-state index contributed by atoms with van der Waals surface area (Å²) in [7, 11) is 1.50. The molecule has 5 N–H and O–H groups in total. The van der Waals surface area contributed by atoms with Crippen molar-refractivity contribution < 1.29 is 24.1 Å². The van der Waals surface area contributed by atoms with Gasteiger partial charge in [-0.15, -0.1) is 0 Å². The first-order chi connectivity index (χ1) is 25.1. The molecule has 0 amide bonds. The first kappa shape index (κ1) is 44.5. The summed E-state index contributed by atoms with van der Waals surface area (Å²) in [6.07, 6.45) is 3.22. The molecule has 4 heterocycles. The number of carbonyl (C=O) groups is 1. The predicted molar refractivity (Wildman–Crippen MR) is 195 cm³/mol. The van der Waals surface area contributed by atoms with Gasteiger partial charge < -0.3 is 25.1 Å². The number of nitrogens with one attached hydrogen (secondary N) is 2. The minimum atomic E-state index is -0.882. The van der Waals surface area contributed by atoms with Crippen LogP contribution < -0.4 is 28.2 Å². The van der Waals surface area contributed by atoms with Crippen LogP contribution in [0.15, 0.2) is 41.8 Å². The zero-order valence-electron chi connectivity index (χ0n) is 31.6. The maximum absolute atomic E-state index is 12.3. The Morgan fingerprint density at radius 1 is 0.868 bits per heavy atom. The van der Waals surface area contributed by atoms with Crippen molar-refractivity contribution >= 4 is 5.97 Å². The second-order valence-electron chi connectivity index (χ2n) is 13.1. The van der Waals surface area contributed by atoms with E-state index in [0.29, 0.717) is 62.7 Å². The van der Waals surface area contributed by atoms with Gasteiger partial charge in [0.2, 0.25) is 0 Å². The highest BCUT2D eigenvalue weighted by Gasteiger charge is 2.54. The number of H-pyrrole nitrogens is 2. The number of azide groups is 2. The number of hydrogen-bond donors (Lipinski definition) is 4. The van der Waals surface area contributed by atoms with E-state index in [4.69, 9.17) is 25.3 Å². The van der Waals surface area contributed by atoms with Crippen molar-refractivity contribution in [3.05, 3.63) is 86.1 Å². The lowest BCUT2D eigenvalue weighted by atomic mass is 9.81. The van der Waals surface area contributed by atoms with Crippen LogP contribution in [-0.4, -0.2) is 73.7 Å². The van der Waals surface area contributed by atoms with Gasteiger partial charge in [-0.25, -0.2) is 9.59 Å². The molecule has 294 valence electrons. The van der Waals surface area contributed by atoms with E-state index in [1.807, 2.05) is 27.7 Å². The number of aliphatic hydroxyl groups excluding tert-OH is 1. The lowest BCUT2D eigenvalue weighted by Gasteiger charge is -2.32. The van der Waals surface area contributed by atoms with Crippen molar-refractivity contribution in [2.45, 2.75) is 123 Å². The fraction of sp³-hybridized carbons (Fsp3) is 0.727. The van der Waals surface area contributed by atoms with Crippen LogP contribution in [-0.2, 0) is 19.0 Å². The lowest BCUT2D eigenvalue weighted by molar-refractivity contribution is -0.154.